The van der Waals surface area contributed by atoms with Crippen molar-refractivity contribution in [3.8, 4) is 0 Å². The number of benzene rings is 2. The Bertz CT molecular complexity index is 900. The Kier molecular flexibility index (Phi) is 6.40. The van der Waals surface area contributed by atoms with Crippen LogP contribution in [0.3, 0.4) is 0 Å². The number of carbonyl (C=O) groups is 1. The highest BCUT2D eigenvalue weighted by Gasteiger charge is 2.55. The molecule has 0 saturated heterocycles. The van der Waals surface area contributed by atoms with Gasteiger partial charge in [0, 0.05) is 13.0 Å². The van der Waals surface area contributed by atoms with Crippen molar-refractivity contribution >= 4 is 5.78 Å². The van der Waals surface area contributed by atoms with E-state index in [-0.39, 0.29) is 22.7 Å². The number of ketones is 1. The van der Waals surface area contributed by atoms with E-state index in [2.05, 4.69) is 75.4 Å². The molecule has 2 aliphatic rings. The monoisotopic (exact) mass is 418 g/mol. The molecule has 166 valence electrons. The van der Waals surface area contributed by atoms with Gasteiger partial charge in [-0.05, 0) is 78.4 Å². The zero-order valence-electron chi connectivity index (χ0n) is 19.7. The number of rotatable bonds is 7. The summed E-state index contributed by atoms with van der Waals surface area (Å²) in [6.45, 7) is 9.81. The molecule has 1 fully saturated rings. The first-order valence-corrected chi connectivity index (χ1v) is 12.1. The van der Waals surface area contributed by atoms with Gasteiger partial charge >= 0.3 is 0 Å². The van der Waals surface area contributed by atoms with Gasteiger partial charge in [-0.15, -0.1) is 0 Å². The standard InChI is InChI=1S/C29H38O2/c1-21(30)11-10-20-31-27(23-13-6-5-7-14-23)25-18-19-29(4)24-15-9-8-12-22(24)16-17-26(29)28(25,2)3/h5-9,12-15,25-27H,10-11,16-20H2,1-4H3/t25-,26+,27+,29-/m1/s1. The van der Waals surface area contributed by atoms with Gasteiger partial charge in [-0.3, -0.25) is 0 Å². The van der Waals surface area contributed by atoms with E-state index in [1.807, 2.05) is 0 Å². The maximum atomic E-state index is 11.4. The lowest BCUT2D eigenvalue weighted by Gasteiger charge is -2.59. The molecule has 2 aromatic rings. The molecule has 2 nitrogen and oxygen atoms in total. The molecule has 0 aromatic heterocycles. The highest BCUT2D eigenvalue weighted by atomic mass is 16.5. The third-order valence-electron chi connectivity index (χ3n) is 8.40. The normalized spacial score (nSPS) is 27.7. The number of carbonyl (C=O) groups excluding carboxylic acids is 1. The fourth-order valence-electron chi connectivity index (χ4n) is 6.85. The molecular weight excluding hydrogens is 380 g/mol. The number of fused-ring (bicyclic) bond motifs is 3. The second kappa shape index (κ2) is 8.90. The lowest BCUT2D eigenvalue weighted by molar-refractivity contribution is -0.118. The van der Waals surface area contributed by atoms with E-state index < -0.39 is 0 Å². The Balaban J connectivity index is 1.62. The van der Waals surface area contributed by atoms with E-state index in [4.69, 9.17) is 4.74 Å². The molecule has 0 bridgehead atoms. The van der Waals surface area contributed by atoms with Gasteiger partial charge < -0.3 is 9.53 Å². The molecule has 4 atom stereocenters. The summed E-state index contributed by atoms with van der Waals surface area (Å²) in [7, 11) is 0. The number of hydrogen-bond acceptors (Lipinski definition) is 2. The van der Waals surface area contributed by atoms with Gasteiger partial charge in [0.25, 0.3) is 0 Å². The largest absolute Gasteiger partial charge is 0.373 e. The zero-order chi connectivity index (χ0) is 22.1. The molecule has 0 N–H and O–H groups in total. The van der Waals surface area contributed by atoms with E-state index in [0.717, 1.165) is 6.42 Å². The first-order chi connectivity index (χ1) is 14.8. The van der Waals surface area contributed by atoms with Crippen molar-refractivity contribution in [1.82, 2.24) is 0 Å². The molecule has 0 aliphatic heterocycles. The first kappa shape index (κ1) is 22.3. The molecule has 0 radical (unpaired) electrons. The Morgan fingerprint density at radius 3 is 2.48 bits per heavy atom. The van der Waals surface area contributed by atoms with Crippen molar-refractivity contribution in [2.75, 3.05) is 6.61 Å². The molecule has 0 heterocycles. The number of aryl methyl sites for hydroxylation is 1. The second-order valence-electron chi connectivity index (χ2n) is 10.6. The Morgan fingerprint density at radius 1 is 1.03 bits per heavy atom. The minimum atomic E-state index is 0.0879. The fourth-order valence-corrected chi connectivity index (χ4v) is 6.85. The van der Waals surface area contributed by atoms with Crippen LogP contribution in [-0.4, -0.2) is 12.4 Å². The van der Waals surface area contributed by atoms with Gasteiger partial charge in [-0.25, -0.2) is 0 Å². The Hall–Kier alpha value is -1.93. The number of hydrogen-bond donors (Lipinski definition) is 0. The third kappa shape index (κ3) is 4.24. The molecule has 0 unspecified atom stereocenters. The van der Waals surface area contributed by atoms with Gasteiger partial charge in [0.05, 0.1) is 6.10 Å². The SMILES string of the molecule is CC(=O)CCCO[C@@H](c1ccccc1)[C@H]1CC[C@]2(C)c3ccccc3CC[C@H]2C1(C)C. The fraction of sp³-hybridized carbons (Fsp3) is 0.552. The van der Waals surface area contributed by atoms with Gasteiger partial charge in [-0.1, -0.05) is 75.4 Å². The average Bonchev–Trinajstić information content (AvgIpc) is 2.75. The van der Waals surface area contributed by atoms with Crippen LogP contribution >= 0.6 is 0 Å². The average molecular weight is 419 g/mol. The minimum Gasteiger partial charge on any atom is -0.373 e. The van der Waals surface area contributed by atoms with Crippen molar-refractivity contribution in [2.45, 2.75) is 77.7 Å². The van der Waals surface area contributed by atoms with E-state index >= 15 is 0 Å². The van der Waals surface area contributed by atoms with Gasteiger partial charge in [-0.2, -0.15) is 0 Å². The second-order valence-corrected chi connectivity index (χ2v) is 10.6. The first-order valence-electron chi connectivity index (χ1n) is 12.1. The number of ether oxygens (including phenoxy) is 1. The van der Waals surface area contributed by atoms with Crippen molar-refractivity contribution in [3.05, 3.63) is 71.3 Å². The lowest BCUT2D eigenvalue weighted by Crippen LogP contribution is -2.53. The van der Waals surface area contributed by atoms with E-state index in [1.54, 1.807) is 18.1 Å². The van der Waals surface area contributed by atoms with Crippen LogP contribution in [0.1, 0.15) is 82.6 Å². The summed E-state index contributed by atoms with van der Waals surface area (Å²) in [5.41, 5.74) is 4.82. The molecule has 0 amide bonds. The summed E-state index contributed by atoms with van der Waals surface area (Å²) in [5.74, 6) is 1.35. The van der Waals surface area contributed by atoms with Crippen molar-refractivity contribution in [1.29, 1.82) is 0 Å². The maximum Gasteiger partial charge on any atom is 0.129 e. The molecule has 2 heteroatoms. The predicted octanol–water partition coefficient (Wildman–Crippen LogP) is 7.07. The third-order valence-corrected chi connectivity index (χ3v) is 8.40. The van der Waals surface area contributed by atoms with Gasteiger partial charge in [0.1, 0.15) is 5.78 Å². The molecule has 4 rings (SSSR count). The van der Waals surface area contributed by atoms with Crippen molar-refractivity contribution in [2.24, 2.45) is 17.3 Å². The smallest absolute Gasteiger partial charge is 0.129 e. The molecule has 1 saturated carbocycles. The molecule has 31 heavy (non-hydrogen) atoms. The maximum absolute atomic E-state index is 11.4. The van der Waals surface area contributed by atoms with Crippen LogP contribution in [-0.2, 0) is 21.4 Å². The Labute approximate surface area is 188 Å². The number of Topliss-reactive ketones (excluding diaryl/α,β-unsaturated/α-hetero) is 1. The van der Waals surface area contributed by atoms with Crippen LogP contribution in [0.25, 0.3) is 0 Å². The summed E-state index contributed by atoms with van der Waals surface area (Å²) in [4.78, 5) is 11.4. The lowest BCUT2D eigenvalue weighted by atomic mass is 9.46. The summed E-state index contributed by atoms with van der Waals surface area (Å²) in [5, 5.41) is 0. The van der Waals surface area contributed by atoms with Crippen LogP contribution in [0.15, 0.2) is 54.6 Å². The molecule has 2 aliphatic carbocycles. The van der Waals surface area contributed by atoms with Gasteiger partial charge in [0.2, 0.25) is 0 Å². The van der Waals surface area contributed by atoms with E-state index in [0.29, 0.717) is 24.9 Å². The zero-order valence-corrected chi connectivity index (χ0v) is 19.7. The summed E-state index contributed by atoms with van der Waals surface area (Å²) < 4.78 is 6.58. The van der Waals surface area contributed by atoms with E-state index in [1.165, 1.54) is 31.2 Å². The van der Waals surface area contributed by atoms with Gasteiger partial charge in [0.15, 0.2) is 0 Å². The van der Waals surface area contributed by atoms with Crippen molar-refractivity contribution < 1.29 is 9.53 Å². The quantitative estimate of drug-likeness (QED) is 0.449. The van der Waals surface area contributed by atoms with Crippen LogP contribution in [0.5, 0.6) is 0 Å². The molecule has 2 aromatic carbocycles. The summed E-state index contributed by atoms with van der Waals surface area (Å²) in [6, 6.07) is 19.9. The summed E-state index contributed by atoms with van der Waals surface area (Å²) >= 11 is 0. The predicted molar refractivity (Wildman–Crippen MR) is 127 cm³/mol. The van der Waals surface area contributed by atoms with Crippen LogP contribution in [0.4, 0.5) is 0 Å². The van der Waals surface area contributed by atoms with E-state index in [9.17, 15) is 4.79 Å². The highest BCUT2D eigenvalue weighted by molar-refractivity contribution is 5.75. The highest BCUT2D eigenvalue weighted by Crippen LogP contribution is 2.61. The topological polar surface area (TPSA) is 26.3 Å². The van der Waals surface area contributed by atoms with Crippen LogP contribution in [0.2, 0.25) is 0 Å². The van der Waals surface area contributed by atoms with Crippen LogP contribution < -0.4 is 0 Å². The summed E-state index contributed by atoms with van der Waals surface area (Å²) in [6.07, 6.45) is 6.31. The van der Waals surface area contributed by atoms with Crippen LogP contribution in [0, 0.1) is 17.3 Å². The Morgan fingerprint density at radius 2 is 1.74 bits per heavy atom. The minimum absolute atomic E-state index is 0.0879. The molecular formula is C29H38O2. The van der Waals surface area contributed by atoms with Crippen molar-refractivity contribution in [3.63, 3.8) is 0 Å². The molecule has 0 spiro atoms.